The van der Waals surface area contributed by atoms with Crippen LogP contribution in [-0.2, 0) is 14.4 Å². The van der Waals surface area contributed by atoms with Crippen LogP contribution in [0.25, 0.3) is 0 Å². The van der Waals surface area contributed by atoms with Crippen molar-refractivity contribution in [1.29, 1.82) is 0 Å². The molecule has 202 valence electrons. The largest absolute Gasteiger partial charge is 0.394 e. The van der Waals surface area contributed by atoms with E-state index in [1.165, 1.54) is 0 Å². The van der Waals surface area contributed by atoms with Gasteiger partial charge in [-0.05, 0) is 52.0 Å². The van der Waals surface area contributed by atoms with E-state index in [2.05, 4.69) is 29.4 Å². The molecule has 1 heterocycles. The number of aliphatic hydroxyl groups is 2. The number of carbonyl (C=O) groups excluding carboxylic acids is 3. The highest BCUT2D eigenvalue weighted by atomic mass is 16.3. The van der Waals surface area contributed by atoms with Gasteiger partial charge in [0.15, 0.2) is 0 Å². The zero-order valence-electron chi connectivity index (χ0n) is 22.9. The van der Waals surface area contributed by atoms with Gasteiger partial charge in [-0.3, -0.25) is 19.3 Å². The van der Waals surface area contributed by atoms with Crippen LogP contribution in [0.3, 0.4) is 0 Å². The molecule has 1 aliphatic rings. The van der Waals surface area contributed by atoms with Gasteiger partial charge in [0, 0.05) is 25.2 Å². The number of hydrogen-bond acceptors (Lipinski definition) is 6. The van der Waals surface area contributed by atoms with Crippen LogP contribution in [0.5, 0.6) is 0 Å². The molecule has 0 aliphatic carbocycles. The first-order valence-corrected chi connectivity index (χ1v) is 12.9. The van der Waals surface area contributed by atoms with Crippen molar-refractivity contribution in [3.05, 3.63) is 11.6 Å². The summed E-state index contributed by atoms with van der Waals surface area (Å²) in [5.74, 6) is -0.754. The maximum absolute atomic E-state index is 13.6. The van der Waals surface area contributed by atoms with Crippen molar-refractivity contribution in [2.45, 2.75) is 98.0 Å². The normalized spacial score (nSPS) is 20.0. The number of rotatable bonds is 12. The summed E-state index contributed by atoms with van der Waals surface area (Å²) in [6, 6.07) is -1.02. The zero-order valence-corrected chi connectivity index (χ0v) is 22.9. The molecule has 0 aromatic rings. The van der Waals surface area contributed by atoms with Gasteiger partial charge in [0.1, 0.15) is 6.04 Å². The number of carbonyl (C=O) groups is 3. The Morgan fingerprint density at radius 2 is 1.71 bits per heavy atom. The van der Waals surface area contributed by atoms with E-state index in [9.17, 15) is 19.5 Å². The lowest BCUT2D eigenvalue weighted by atomic mass is 9.95. The van der Waals surface area contributed by atoms with Crippen LogP contribution in [0.15, 0.2) is 11.6 Å². The predicted octanol–water partition coefficient (Wildman–Crippen LogP) is 1.29. The van der Waals surface area contributed by atoms with Gasteiger partial charge in [-0.1, -0.05) is 40.2 Å². The first-order valence-electron chi connectivity index (χ1n) is 12.9. The number of likely N-dealkylation sites (N-methyl/N-ethyl adjacent to an activating group) is 1. The van der Waals surface area contributed by atoms with E-state index >= 15 is 0 Å². The molecule has 0 bridgehead atoms. The number of likely N-dealkylation sites (tertiary alicyclic amines) is 1. The average molecular weight is 497 g/mol. The number of piperidine rings is 1. The molecule has 9 heteroatoms. The molecule has 35 heavy (non-hydrogen) atoms. The summed E-state index contributed by atoms with van der Waals surface area (Å²) in [6.07, 6.45) is 3.58. The van der Waals surface area contributed by atoms with Crippen LogP contribution in [0.4, 0.5) is 0 Å². The Labute approximate surface area is 211 Å². The highest BCUT2D eigenvalue weighted by Gasteiger charge is 2.36. The monoisotopic (exact) mass is 496 g/mol. The van der Waals surface area contributed by atoms with Crippen LogP contribution >= 0.6 is 0 Å². The molecular weight excluding hydrogens is 448 g/mol. The van der Waals surface area contributed by atoms with Crippen molar-refractivity contribution in [3.63, 3.8) is 0 Å². The first kappa shape index (κ1) is 31.1. The van der Waals surface area contributed by atoms with E-state index in [0.717, 1.165) is 25.8 Å². The fourth-order valence-electron chi connectivity index (χ4n) is 4.48. The van der Waals surface area contributed by atoms with Gasteiger partial charge in [-0.2, -0.15) is 0 Å². The molecule has 1 aliphatic heterocycles. The summed E-state index contributed by atoms with van der Waals surface area (Å²) < 4.78 is 0. The second-order valence-corrected chi connectivity index (χ2v) is 10.7. The van der Waals surface area contributed by atoms with Gasteiger partial charge in [-0.25, -0.2) is 0 Å². The summed E-state index contributed by atoms with van der Waals surface area (Å²) in [5, 5.41) is 24.0. The molecule has 0 aromatic heterocycles. The lowest BCUT2D eigenvalue weighted by molar-refractivity contribution is -0.140. The Morgan fingerprint density at radius 1 is 1.09 bits per heavy atom. The summed E-state index contributed by atoms with van der Waals surface area (Å²) >= 11 is 0. The van der Waals surface area contributed by atoms with E-state index in [1.54, 1.807) is 24.9 Å². The van der Waals surface area contributed by atoms with Gasteiger partial charge in [0.25, 0.3) is 0 Å². The van der Waals surface area contributed by atoms with Crippen LogP contribution in [0, 0.1) is 11.8 Å². The minimum absolute atomic E-state index is 0.0213. The van der Waals surface area contributed by atoms with Crippen LogP contribution in [0.1, 0.15) is 67.7 Å². The number of hydrogen-bond donors (Lipinski definition) is 4. The quantitative estimate of drug-likeness (QED) is 0.302. The molecule has 1 unspecified atom stereocenters. The Hall–Kier alpha value is -1.97. The van der Waals surface area contributed by atoms with Crippen molar-refractivity contribution in [2.24, 2.45) is 11.8 Å². The van der Waals surface area contributed by atoms with Crippen molar-refractivity contribution in [3.8, 4) is 0 Å². The lowest BCUT2D eigenvalue weighted by Crippen LogP contribution is -2.58. The Balaban J connectivity index is 3.02. The molecule has 0 aromatic carbocycles. The Morgan fingerprint density at radius 3 is 2.23 bits per heavy atom. The molecule has 1 fully saturated rings. The molecule has 9 nitrogen and oxygen atoms in total. The third kappa shape index (κ3) is 9.20. The first-order chi connectivity index (χ1) is 16.3. The highest BCUT2D eigenvalue weighted by molar-refractivity contribution is 5.93. The second kappa shape index (κ2) is 14.6. The maximum Gasteiger partial charge on any atom is 0.246 e. The average Bonchev–Trinajstić information content (AvgIpc) is 2.82. The molecule has 4 N–H and O–H groups in total. The molecular formula is C26H48N4O5. The predicted molar refractivity (Wildman–Crippen MR) is 138 cm³/mol. The van der Waals surface area contributed by atoms with Crippen LogP contribution in [0.2, 0.25) is 0 Å². The summed E-state index contributed by atoms with van der Waals surface area (Å²) in [4.78, 5) is 43.1. The number of amides is 3. The Bertz CT molecular complexity index is 737. The van der Waals surface area contributed by atoms with E-state index in [-0.39, 0.29) is 54.2 Å². The molecule has 0 saturated carbocycles. The van der Waals surface area contributed by atoms with Crippen molar-refractivity contribution in [2.75, 3.05) is 26.7 Å². The third-order valence-electron chi connectivity index (χ3n) is 6.71. The van der Waals surface area contributed by atoms with E-state index in [4.69, 9.17) is 5.11 Å². The smallest absolute Gasteiger partial charge is 0.246 e. The summed E-state index contributed by atoms with van der Waals surface area (Å²) in [7, 11) is 1.70. The fraction of sp³-hybridized carbons (Fsp3) is 0.808. The molecule has 1 rings (SSSR count). The van der Waals surface area contributed by atoms with Gasteiger partial charge >= 0.3 is 0 Å². The topological polar surface area (TPSA) is 122 Å². The van der Waals surface area contributed by atoms with Crippen molar-refractivity contribution < 1.29 is 24.6 Å². The second-order valence-electron chi connectivity index (χ2n) is 10.7. The van der Waals surface area contributed by atoms with Crippen LogP contribution in [-0.4, -0.2) is 94.7 Å². The van der Waals surface area contributed by atoms with Gasteiger partial charge in [0.05, 0.1) is 24.8 Å². The number of nitrogens with one attached hydrogen (secondary N) is 2. The van der Waals surface area contributed by atoms with Gasteiger partial charge in [0.2, 0.25) is 17.7 Å². The van der Waals surface area contributed by atoms with Gasteiger partial charge < -0.3 is 25.7 Å². The third-order valence-corrected chi connectivity index (χ3v) is 6.71. The molecule has 1 saturated heterocycles. The lowest BCUT2D eigenvalue weighted by Gasteiger charge is -2.39. The molecule has 0 radical (unpaired) electrons. The minimum atomic E-state index is -1.02. The minimum Gasteiger partial charge on any atom is -0.394 e. The number of nitrogens with zero attached hydrogens (tertiary/aromatic N) is 2. The summed E-state index contributed by atoms with van der Waals surface area (Å²) in [6.45, 7) is 14.0. The van der Waals surface area contributed by atoms with Gasteiger partial charge in [-0.15, -0.1) is 0 Å². The van der Waals surface area contributed by atoms with Crippen molar-refractivity contribution >= 4 is 17.7 Å². The SMILES string of the molecule is C/C(=C\C(C(C)C)N(C)C(=O)[C@@H](NC(=O)[C@H]1CCCCN1C(C)C)C(C)C)C(=O)NC[C@H](O)CO. The standard InChI is InChI=1S/C26H48N4O5/c1-16(2)22(13-19(7)24(33)27-14-20(32)15-31)29(8)26(35)23(17(3)4)28-25(34)21-11-9-10-12-30(21)18(5)6/h13,16-18,20-23,31-32H,9-12,14-15H2,1-8H3,(H,27,33)(H,28,34)/b19-13+/t20-,21+,22?,23-/m0/s1. The fourth-order valence-corrected chi connectivity index (χ4v) is 4.48. The Kier molecular flexibility index (Phi) is 12.9. The zero-order chi connectivity index (χ0) is 26.9. The molecule has 0 spiro atoms. The summed E-state index contributed by atoms with van der Waals surface area (Å²) in [5.41, 5.74) is 0.411. The van der Waals surface area contributed by atoms with E-state index < -0.39 is 18.8 Å². The van der Waals surface area contributed by atoms with E-state index in [1.807, 2.05) is 27.7 Å². The highest BCUT2D eigenvalue weighted by Crippen LogP contribution is 2.21. The van der Waals surface area contributed by atoms with Crippen molar-refractivity contribution in [1.82, 2.24) is 20.4 Å². The molecule has 4 atom stereocenters. The van der Waals surface area contributed by atoms with Crippen LogP contribution < -0.4 is 10.6 Å². The maximum atomic E-state index is 13.6. The molecule has 3 amide bonds. The number of aliphatic hydroxyl groups excluding tert-OH is 2. The van der Waals surface area contributed by atoms with E-state index in [0.29, 0.717) is 5.57 Å².